The summed E-state index contributed by atoms with van der Waals surface area (Å²) in [4.78, 5) is 29.2. The van der Waals surface area contributed by atoms with E-state index in [1.165, 1.54) is 6.08 Å². The van der Waals surface area contributed by atoms with Crippen molar-refractivity contribution in [3.8, 4) is 5.75 Å². The fraction of sp³-hybridized carbons (Fsp3) is 0.261. The van der Waals surface area contributed by atoms with E-state index in [9.17, 15) is 9.59 Å². The summed E-state index contributed by atoms with van der Waals surface area (Å²) in [5.41, 5.74) is 1.95. The number of piperazine rings is 1. The second-order valence-electron chi connectivity index (χ2n) is 7.19. The molecule has 0 radical (unpaired) electrons. The van der Waals surface area contributed by atoms with Gasteiger partial charge in [-0.2, -0.15) is 0 Å². The molecular formula is C23H26N4O3S. The van der Waals surface area contributed by atoms with Crippen molar-refractivity contribution in [2.45, 2.75) is 0 Å². The molecule has 8 heteroatoms. The minimum absolute atomic E-state index is 0.0512. The summed E-state index contributed by atoms with van der Waals surface area (Å²) in [6, 6.07) is 14.5. The predicted octanol–water partition coefficient (Wildman–Crippen LogP) is 2.61. The summed E-state index contributed by atoms with van der Waals surface area (Å²) in [6.45, 7) is 3.05. The Morgan fingerprint density at radius 3 is 2.39 bits per heavy atom. The molecule has 2 aromatic rings. The highest BCUT2D eigenvalue weighted by Crippen LogP contribution is 2.18. The predicted molar refractivity (Wildman–Crippen MR) is 126 cm³/mol. The van der Waals surface area contributed by atoms with E-state index in [1.54, 1.807) is 25.3 Å². The highest BCUT2D eigenvalue weighted by molar-refractivity contribution is 7.80. The van der Waals surface area contributed by atoms with Crippen LogP contribution in [-0.2, 0) is 4.79 Å². The lowest BCUT2D eigenvalue weighted by atomic mass is 10.1. The molecule has 162 valence electrons. The Hall–Kier alpha value is -3.23. The highest BCUT2D eigenvalue weighted by atomic mass is 32.1. The first-order chi connectivity index (χ1) is 15.0. The Balaban J connectivity index is 1.59. The highest BCUT2D eigenvalue weighted by Gasteiger charge is 2.22. The van der Waals surface area contributed by atoms with Gasteiger partial charge in [-0.05, 0) is 55.2 Å². The maximum absolute atomic E-state index is 13.0. The van der Waals surface area contributed by atoms with Crippen LogP contribution in [0.3, 0.4) is 0 Å². The number of amides is 2. The van der Waals surface area contributed by atoms with E-state index in [2.05, 4.69) is 15.5 Å². The van der Waals surface area contributed by atoms with E-state index >= 15 is 0 Å². The molecular weight excluding hydrogens is 412 g/mol. The standard InChI is InChI=1S/C23H26N4O3S/c1-26-13-15-27(16-14-26)22(29)19-5-3-4-6-20(19)24-23(31)25-21(28)12-9-17-7-10-18(30-2)11-8-17/h3-12H,13-16H2,1-2H3,(H2,24,25,28,31)/b12-9+. The van der Waals surface area contributed by atoms with Crippen molar-refractivity contribution in [2.75, 3.05) is 45.7 Å². The van der Waals surface area contributed by atoms with Gasteiger partial charge in [-0.15, -0.1) is 0 Å². The van der Waals surface area contributed by atoms with Crippen LogP contribution >= 0.6 is 12.2 Å². The normalized spacial score (nSPS) is 14.3. The lowest BCUT2D eigenvalue weighted by Gasteiger charge is -2.32. The zero-order valence-electron chi connectivity index (χ0n) is 17.6. The summed E-state index contributed by atoms with van der Waals surface area (Å²) in [5.74, 6) is 0.331. The number of carbonyl (C=O) groups is 2. The number of carbonyl (C=O) groups excluding carboxylic acids is 2. The van der Waals surface area contributed by atoms with Crippen LogP contribution in [-0.4, -0.2) is 67.1 Å². The Bertz CT molecular complexity index is 967. The van der Waals surface area contributed by atoms with Crippen LogP contribution in [0.2, 0.25) is 0 Å². The minimum atomic E-state index is -0.365. The van der Waals surface area contributed by atoms with E-state index in [0.717, 1.165) is 24.4 Å². The summed E-state index contributed by atoms with van der Waals surface area (Å²) in [5, 5.41) is 5.71. The summed E-state index contributed by atoms with van der Waals surface area (Å²) in [7, 11) is 3.64. The van der Waals surface area contributed by atoms with E-state index in [-0.39, 0.29) is 16.9 Å². The third-order valence-corrected chi connectivity index (χ3v) is 5.18. The van der Waals surface area contributed by atoms with Gasteiger partial charge >= 0.3 is 0 Å². The Morgan fingerprint density at radius 1 is 1.03 bits per heavy atom. The maximum Gasteiger partial charge on any atom is 0.256 e. The summed E-state index contributed by atoms with van der Waals surface area (Å²) in [6.07, 6.45) is 3.08. The fourth-order valence-corrected chi connectivity index (χ4v) is 3.36. The first kappa shape index (κ1) is 22.5. The number of hydrogen-bond donors (Lipinski definition) is 2. The molecule has 31 heavy (non-hydrogen) atoms. The summed E-state index contributed by atoms with van der Waals surface area (Å²) < 4.78 is 5.12. The van der Waals surface area contributed by atoms with Crippen LogP contribution in [0, 0.1) is 0 Å². The third-order valence-electron chi connectivity index (χ3n) is 4.98. The number of ether oxygens (including phenoxy) is 1. The Morgan fingerprint density at radius 2 is 1.71 bits per heavy atom. The van der Waals surface area contributed by atoms with Crippen LogP contribution in [0.1, 0.15) is 15.9 Å². The number of nitrogens with one attached hydrogen (secondary N) is 2. The fourth-order valence-electron chi connectivity index (χ4n) is 3.15. The molecule has 2 N–H and O–H groups in total. The molecule has 2 amide bonds. The average molecular weight is 439 g/mol. The molecule has 0 saturated carbocycles. The SMILES string of the molecule is COc1ccc(/C=C/C(=O)NC(=S)Nc2ccccc2C(=O)N2CCN(C)CC2)cc1. The third kappa shape index (κ3) is 6.37. The molecule has 1 heterocycles. The van der Waals surface area contributed by atoms with Crippen LogP contribution in [0.4, 0.5) is 5.69 Å². The van der Waals surface area contributed by atoms with Crippen molar-refractivity contribution in [3.63, 3.8) is 0 Å². The molecule has 0 unspecified atom stereocenters. The van der Waals surface area contributed by atoms with Gasteiger partial charge in [0.15, 0.2) is 5.11 Å². The zero-order chi connectivity index (χ0) is 22.2. The van der Waals surface area contributed by atoms with Crippen molar-refractivity contribution in [1.29, 1.82) is 0 Å². The molecule has 0 atom stereocenters. The van der Waals surface area contributed by atoms with E-state index in [4.69, 9.17) is 17.0 Å². The van der Waals surface area contributed by atoms with Gasteiger partial charge in [0.1, 0.15) is 5.75 Å². The molecule has 0 spiro atoms. The monoisotopic (exact) mass is 438 g/mol. The average Bonchev–Trinajstić information content (AvgIpc) is 2.78. The number of thiocarbonyl (C=S) groups is 1. The van der Waals surface area contributed by atoms with Crippen LogP contribution < -0.4 is 15.4 Å². The number of likely N-dealkylation sites (N-methyl/N-ethyl adjacent to an activating group) is 1. The molecule has 3 rings (SSSR count). The van der Waals surface area contributed by atoms with Gasteiger partial charge in [0, 0.05) is 32.3 Å². The number of nitrogens with zero attached hydrogens (tertiary/aromatic N) is 2. The second-order valence-corrected chi connectivity index (χ2v) is 7.60. The molecule has 1 aliphatic rings. The molecule has 0 aromatic heterocycles. The van der Waals surface area contributed by atoms with Crippen LogP contribution in [0.25, 0.3) is 6.08 Å². The van der Waals surface area contributed by atoms with Crippen LogP contribution in [0.15, 0.2) is 54.6 Å². The van der Waals surface area contributed by atoms with Gasteiger partial charge in [-0.25, -0.2) is 0 Å². The zero-order valence-corrected chi connectivity index (χ0v) is 18.4. The van der Waals surface area contributed by atoms with Crippen molar-refractivity contribution in [2.24, 2.45) is 0 Å². The first-order valence-electron chi connectivity index (χ1n) is 9.97. The number of rotatable bonds is 5. The van der Waals surface area contributed by atoms with Gasteiger partial charge in [-0.3, -0.25) is 14.9 Å². The van der Waals surface area contributed by atoms with E-state index < -0.39 is 0 Å². The largest absolute Gasteiger partial charge is 0.497 e. The molecule has 0 aliphatic carbocycles. The van der Waals surface area contributed by atoms with Crippen LogP contribution in [0.5, 0.6) is 5.75 Å². The first-order valence-corrected chi connectivity index (χ1v) is 10.4. The molecule has 2 aromatic carbocycles. The topological polar surface area (TPSA) is 73.9 Å². The Labute approximate surface area is 187 Å². The maximum atomic E-state index is 13.0. The molecule has 7 nitrogen and oxygen atoms in total. The van der Waals surface area contributed by atoms with Crippen molar-refractivity contribution < 1.29 is 14.3 Å². The van der Waals surface area contributed by atoms with Crippen molar-refractivity contribution in [3.05, 3.63) is 65.7 Å². The van der Waals surface area contributed by atoms with Gasteiger partial charge in [0.25, 0.3) is 5.91 Å². The number of anilines is 1. The van der Waals surface area contributed by atoms with Crippen molar-refractivity contribution in [1.82, 2.24) is 15.1 Å². The quantitative estimate of drug-likeness (QED) is 0.552. The number of hydrogen-bond acceptors (Lipinski definition) is 5. The molecule has 0 bridgehead atoms. The number of benzene rings is 2. The Kier molecular flexibility index (Phi) is 7.75. The number of methoxy groups -OCH3 is 1. The molecule has 1 aliphatic heterocycles. The smallest absolute Gasteiger partial charge is 0.256 e. The lowest BCUT2D eigenvalue weighted by molar-refractivity contribution is -0.115. The van der Waals surface area contributed by atoms with E-state index in [0.29, 0.717) is 24.3 Å². The molecule has 1 fully saturated rings. The van der Waals surface area contributed by atoms with E-state index in [1.807, 2.05) is 48.3 Å². The minimum Gasteiger partial charge on any atom is -0.497 e. The summed E-state index contributed by atoms with van der Waals surface area (Å²) >= 11 is 5.27. The van der Waals surface area contributed by atoms with Crippen molar-refractivity contribution >= 4 is 40.9 Å². The second kappa shape index (κ2) is 10.7. The number of para-hydroxylation sites is 1. The van der Waals surface area contributed by atoms with Gasteiger partial charge in [0.2, 0.25) is 5.91 Å². The van der Waals surface area contributed by atoms with Gasteiger partial charge < -0.3 is 19.9 Å². The van der Waals surface area contributed by atoms with Gasteiger partial charge in [0.05, 0.1) is 18.4 Å². The van der Waals surface area contributed by atoms with Gasteiger partial charge in [-0.1, -0.05) is 24.3 Å². The lowest BCUT2D eigenvalue weighted by Crippen LogP contribution is -2.47. The molecule has 1 saturated heterocycles.